The molecule has 66 valence electrons. The largest absolute Gasteiger partial charge is 0.486 e. The maximum atomic E-state index is 12.9. The first-order chi connectivity index (χ1) is 6.27. The number of carbonyl (C=O) groups is 1. The zero-order valence-electron chi connectivity index (χ0n) is 6.66. The zero-order valence-corrected chi connectivity index (χ0v) is 6.66. The summed E-state index contributed by atoms with van der Waals surface area (Å²) in [4.78, 5) is 9.92. The molecule has 0 bridgehead atoms. The van der Waals surface area contributed by atoms with Gasteiger partial charge >= 0.3 is 0 Å². The van der Waals surface area contributed by atoms with E-state index in [1.807, 2.05) is 0 Å². The highest BCUT2D eigenvalue weighted by Crippen LogP contribution is 2.15. The number of hydrogen-bond acceptors (Lipinski definition) is 3. The third kappa shape index (κ3) is 2.27. The van der Waals surface area contributed by atoms with Crippen LogP contribution >= 0.6 is 0 Å². The van der Waals surface area contributed by atoms with Crippen LogP contribution in [0.25, 0.3) is 0 Å². The van der Waals surface area contributed by atoms with Crippen LogP contribution < -0.4 is 4.74 Å². The summed E-state index contributed by atoms with van der Waals surface area (Å²) >= 11 is 0. The highest BCUT2D eigenvalue weighted by Gasteiger charge is 2.02. The monoisotopic (exact) mass is 179 g/mol. The molecule has 0 aliphatic carbocycles. The molecule has 1 aromatic carbocycles. The van der Waals surface area contributed by atoms with Crippen molar-refractivity contribution in [2.24, 2.45) is 0 Å². The summed E-state index contributed by atoms with van der Waals surface area (Å²) < 4.78 is 17.7. The summed E-state index contributed by atoms with van der Waals surface area (Å²) in [6, 6.07) is 5.49. The van der Waals surface area contributed by atoms with E-state index in [1.54, 1.807) is 6.07 Å². The molecule has 1 aromatic rings. The maximum absolute atomic E-state index is 12.9. The van der Waals surface area contributed by atoms with E-state index in [4.69, 9.17) is 10.00 Å². The fourth-order valence-electron chi connectivity index (χ4n) is 0.807. The van der Waals surface area contributed by atoms with E-state index in [-0.39, 0.29) is 17.9 Å². The van der Waals surface area contributed by atoms with E-state index in [2.05, 4.69) is 0 Å². The Kier molecular flexibility index (Phi) is 2.98. The molecule has 0 aliphatic heterocycles. The lowest BCUT2D eigenvalue weighted by Crippen LogP contribution is -1.98. The smallest absolute Gasteiger partial charge is 0.157 e. The van der Waals surface area contributed by atoms with Crippen LogP contribution in [-0.4, -0.2) is 12.9 Å². The topological polar surface area (TPSA) is 50.1 Å². The van der Waals surface area contributed by atoms with Crippen LogP contribution in [0.2, 0.25) is 0 Å². The van der Waals surface area contributed by atoms with Crippen LogP contribution in [-0.2, 0) is 4.79 Å². The molecule has 0 aromatic heterocycles. The Morgan fingerprint density at radius 2 is 2.38 bits per heavy atom. The second kappa shape index (κ2) is 4.21. The first-order valence-corrected chi connectivity index (χ1v) is 3.54. The second-order valence-corrected chi connectivity index (χ2v) is 2.23. The summed E-state index contributed by atoms with van der Waals surface area (Å²) in [7, 11) is 0. The molecule has 0 radical (unpaired) electrons. The number of nitriles is 1. The summed E-state index contributed by atoms with van der Waals surface area (Å²) in [5, 5.41) is 8.40. The van der Waals surface area contributed by atoms with Gasteiger partial charge in [0.2, 0.25) is 0 Å². The van der Waals surface area contributed by atoms with Gasteiger partial charge in [-0.3, -0.25) is 4.79 Å². The van der Waals surface area contributed by atoms with Gasteiger partial charge in [0.25, 0.3) is 0 Å². The molecule has 0 N–H and O–H groups in total. The molecule has 0 spiro atoms. The average molecular weight is 179 g/mol. The predicted octanol–water partition coefficient (Wildman–Crippen LogP) is 1.28. The van der Waals surface area contributed by atoms with Crippen molar-refractivity contribution in [2.45, 2.75) is 0 Å². The molecule has 0 saturated heterocycles. The molecule has 0 fully saturated rings. The van der Waals surface area contributed by atoms with Crippen molar-refractivity contribution in [1.29, 1.82) is 5.26 Å². The Bertz CT molecular complexity index is 357. The Balaban J connectivity index is 2.84. The van der Waals surface area contributed by atoms with Gasteiger partial charge in [-0.2, -0.15) is 5.26 Å². The maximum Gasteiger partial charge on any atom is 0.157 e. The summed E-state index contributed by atoms with van der Waals surface area (Å²) in [5.41, 5.74) is -0.0431. The van der Waals surface area contributed by atoms with E-state index in [0.717, 1.165) is 6.07 Å². The normalized spacial score (nSPS) is 8.92. The Hall–Kier alpha value is -1.89. The SMILES string of the molecule is N#Cc1ccc(OCC=O)cc1F. The van der Waals surface area contributed by atoms with Crippen molar-refractivity contribution in [3.05, 3.63) is 29.6 Å². The Morgan fingerprint density at radius 3 is 2.92 bits per heavy atom. The van der Waals surface area contributed by atoms with Gasteiger partial charge in [-0.05, 0) is 12.1 Å². The van der Waals surface area contributed by atoms with Crippen LogP contribution in [0, 0.1) is 17.1 Å². The minimum atomic E-state index is -0.647. The molecule has 4 heteroatoms. The summed E-state index contributed by atoms with van der Waals surface area (Å²) in [6.07, 6.45) is 0.566. The third-order valence-electron chi connectivity index (χ3n) is 1.38. The lowest BCUT2D eigenvalue weighted by Gasteiger charge is -2.01. The van der Waals surface area contributed by atoms with Gasteiger partial charge in [0.1, 0.15) is 24.2 Å². The van der Waals surface area contributed by atoms with Crippen molar-refractivity contribution in [3.63, 3.8) is 0 Å². The molecule has 0 unspecified atom stereocenters. The van der Waals surface area contributed by atoms with Gasteiger partial charge in [0.05, 0.1) is 5.56 Å². The number of benzene rings is 1. The molecule has 0 atom stereocenters. The highest BCUT2D eigenvalue weighted by atomic mass is 19.1. The lowest BCUT2D eigenvalue weighted by atomic mass is 10.2. The number of halogens is 1. The van der Waals surface area contributed by atoms with Crippen molar-refractivity contribution in [1.82, 2.24) is 0 Å². The minimum Gasteiger partial charge on any atom is -0.486 e. The van der Waals surface area contributed by atoms with Crippen molar-refractivity contribution in [2.75, 3.05) is 6.61 Å². The van der Waals surface area contributed by atoms with Gasteiger partial charge in [-0.25, -0.2) is 4.39 Å². The third-order valence-corrected chi connectivity index (χ3v) is 1.38. The number of nitrogens with zero attached hydrogens (tertiary/aromatic N) is 1. The van der Waals surface area contributed by atoms with E-state index >= 15 is 0 Å². The number of aldehydes is 1. The quantitative estimate of drug-likeness (QED) is 0.656. The first kappa shape index (κ1) is 9.20. The zero-order chi connectivity index (χ0) is 9.68. The van der Waals surface area contributed by atoms with Gasteiger partial charge in [-0.15, -0.1) is 0 Å². The number of hydrogen-bond donors (Lipinski definition) is 0. The van der Waals surface area contributed by atoms with Crippen molar-refractivity contribution < 1.29 is 13.9 Å². The minimum absolute atomic E-state index is 0.0431. The molecule has 0 aliphatic rings. The fourth-order valence-corrected chi connectivity index (χ4v) is 0.807. The van der Waals surface area contributed by atoms with E-state index < -0.39 is 5.82 Å². The molecule has 0 amide bonds. The first-order valence-electron chi connectivity index (χ1n) is 3.54. The average Bonchev–Trinajstić information content (AvgIpc) is 2.15. The molecule has 1 rings (SSSR count). The highest BCUT2D eigenvalue weighted by molar-refractivity contribution is 5.51. The standard InChI is InChI=1S/C9H6FNO2/c10-9-5-8(13-4-3-12)2-1-7(9)6-11/h1-3,5H,4H2. The lowest BCUT2D eigenvalue weighted by molar-refractivity contribution is -0.109. The van der Waals surface area contributed by atoms with E-state index in [0.29, 0.717) is 6.29 Å². The number of rotatable bonds is 3. The van der Waals surface area contributed by atoms with Crippen LogP contribution in [0.5, 0.6) is 5.75 Å². The van der Waals surface area contributed by atoms with Gasteiger partial charge in [-0.1, -0.05) is 0 Å². The molecule has 13 heavy (non-hydrogen) atoms. The van der Waals surface area contributed by atoms with E-state index in [1.165, 1.54) is 12.1 Å². The Labute approximate surface area is 74.4 Å². The van der Waals surface area contributed by atoms with Gasteiger partial charge < -0.3 is 4.74 Å². The number of carbonyl (C=O) groups excluding carboxylic acids is 1. The van der Waals surface area contributed by atoms with Crippen molar-refractivity contribution >= 4 is 6.29 Å². The van der Waals surface area contributed by atoms with Crippen LogP contribution in [0.4, 0.5) is 4.39 Å². The molecular weight excluding hydrogens is 173 g/mol. The van der Waals surface area contributed by atoms with Crippen LogP contribution in [0.1, 0.15) is 5.56 Å². The van der Waals surface area contributed by atoms with Gasteiger partial charge in [0, 0.05) is 6.07 Å². The van der Waals surface area contributed by atoms with Gasteiger partial charge in [0.15, 0.2) is 6.29 Å². The summed E-state index contributed by atoms with van der Waals surface area (Å²) in [6.45, 7) is -0.120. The van der Waals surface area contributed by atoms with Crippen molar-refractivity contribution in [3.8, 4) is 11.8 Å². The number of ether oxygens (including phenoxy) is 1. The van der Waals surface area contributed by atoms with Crippen LogP contribution in [0.15, 0.2) is 18.2 Å². The Morgan fingerprint density at radius 1 is 1.62 bits per heavy atom. The molecule has 3 nitrogen and oxygen atoms in total. The molecule has 0 heterocycles. The van der Waals surface area contributed by atoms with Crippen LogP contribution in [0.3, 0.4) is 0 Å². The second-order valence-electron chi connectivity index (χ2n) is 2.23. The molecular formula is C9H6FNO2. The summed E-state index contributed by atoms with van der Waals surface area (Å²) in [5.74, 6) is -0.408. The molecule has 0 saturated carbocycles. The van der Waals surface area contributed by atoms with E-state index in [9.17, 15) is 9.18 Å². The predicted molar refractivity (Wildman–Crippen MR) is 42.7 cm³/mol. The fraction of sp³-hybridized carbons (Fsp3) is 0.111.